The lowest BCUT2D eigenvalue weighted by atomic mass is 10.1. The lowest BCUT2D eigenvalue weighted by molar-refractivity contribution is 0.768. The van der Waals surface area contributed by atoms with E-state index in [9.17, 15) is 0 Å². The number of pyridine rings is 1. The first kappa shape index (κ1) is 13.5. The van der Waals surface area contributed by atoms with Crippen LogP contribution < -0.4 is 5.32 Å². The summed E-state index contributed by atoms with van der Waals surface area (Å²) in [6.45, 7) is 0. The number of hydrogen-bond acceptors (Lipinski definition) is 4. The molecule has 0 unspecified atom stereocenters. The topological polar surface area (TPSA) is 55.6 Å². The third-order valence-electron chi connectivity index (χ3n) is 3.63. The Labute approximate surface area is 133 Å². The Hall–Kier alpha value is -3.21. The number of aryl methyl sites for hydroxylation is 1. The second-order valence-corrected chi connectivity index (χ2v) is 5.31. The van der Waals surface area contributed by atoms with Gasteiger partial charge in [-0.15, -0.1) is 5.10 Å². The molecular weight excluding hydrogens is 286 g/mol. The van der Waals surface area contributed by atoms with Crippen molar-refractivity contribution in [3.63, 3.8) is 0 Å². The summed E-state index contributed by atoms with van der Waals surface area (Å²) in [6.07, 6.45) is 1.67. The molecule has 2 aromatic carbocycles. The third kappa shape index (κ3) is 2.64. The van der Waals surface area contributed by atoms with Gasteiger partial charge in [-0.1, -0.05) is 48.5 Å². The van der Waals surface area contributed by atoms with E-state index >= 15 is 0 Å². The van der Waals surface area contributed by atoms with Gasteiger partial charge in [0, 0.05) is 18.0 Å². The summed E-state index contributed by atoms with van der Waals surface area (Å²) in [5.74, 6) is 0.572. The lowest BCUT2D eigenvalue weighted by Crippen LogP contribution is -1.97. The quantitative estimate of drug-likeness (QED) is 0.626. The number of anilines is 2. The highest BCUT2D eigenvalue weighted by molar-refractivity contribution is 5.94. The number of hydrogen-bond donors (Lipinski definition) is 1. The largest absolute Gasteiger partial charge is 0.322 e. The van der Waals surface area contributed by atoms with Crippen molar-refractivity contribution in [2.45, 2.75) is 0 Å². The van der Waals surface area contributed by atoms with Crippen LogP contribution in [0, 0.1) is 0 Å². The fraction of sp³-hybridized carbons (Fsp3) is 0.0556. The highest BCUT2D eigenvalue weighted by atomic mass is 15.4. The predicted octanol–water partition coefficient (Wildman–Crippen LogP) is 3.77. The molecule has 0 amide bonds. The van der Waals surface area contributed by atoms with Crippen LogP contribution in [-0.4, -0.2) is 19.7 Å². The van der Waals surface area contributed by atoms with Crippen LogP contribution in [-0.2, 0) is 7.05 Å². The number of fused-ring (bicyclic) bond motifs is 1. The maximum absolute atomic E-state index is 4.77. The van der Waals surface area contributed by atoms with Crippen LogP contribution in [0.4, 0.5) is 11.6 Å². The minimum Gasteiger partial charge on any atom is -0.322 e. The Morgan fingerprint density at radius 3 is 2.52 bits per heavy atom. The minimum absolute atomic E-state index is 0.572. The fourth-order valence-electron chi connectivity index (χ4n) is 2.55. The van der Waals surface area contributed by atoms with Gasteiger partial charge in [0.15, 0.2) is 0 Å². The lowest BCUT2D eigenvalue weighted by Gasteiger charge is -2.10. The number of benzene rings is 2. The van der Waals surface area contributed by atoms with Crippen LogP contribution in [0.5, 0.6) is 0 Å². The summed E-state index contributed by atoms with van der Waals surface area (Å²) < 4.78 is 1.67. The van der Waals surface area contributed by atoms with Gasteiger partial charge in [0.05, 0.1) is 16.9 Å². The van der Waals surface area contributed by atoms with Gasteiger partial charge < -0.3 is 5.32 Å². The first-order chi connectivity index (χ1) is 11.3. The Bertz CT molecular complexity index is 959. The van der Waals surface area contributed by atoms with Gasteiger partial charge in [-0.3, -0.25) is 4.68 Å². The van der Waals surface area contributed by atoms with Gasteiger partial charge in [-0.2, -0.15) is 0 Å². The Morgan fingerprint density at radius 2 is 1.74 bits per heavy atom. The fourth-order valence-corrected chi connectivity index (χ4v) is 2.55. The summed E-state index contributed by atoms with van der Waals surface area (Å²) in [7, 11) is 1.85. The first-order valence-electron chi connectivity index (χ1n) is 7.37. The highest BCUT2D eigenvalue weighted by Gasteiger charge is 2.09. The van der Waals surface area contributed by atoms with E-state index in [0.29, 0.717) is 5.95 Å². The van der Waals surface area contributed by atoms with Crippen molar-refractivity contribution in [1.82, 2.24) is 19.7 Å². The zero-order valence-electron chi connectivity index (χ0n) is 12.6. The Kier molecular flexibility index (Phi) is 3.24. The first-order valence-corrected chi connectivity index (χ1v) is 7.37. The van der Waals surface area contributed by atoms with Crippen molar-refractivity contribution < 1.29 is 0 Å². The molecule has 4 rings (SSSR count). The number of nitrogens with zero attached hydrogens (tertiary/aromatic N) is 4. The zero-order valence-corrected chi connectivity index (χ0v) is 12.6. The van der Waals surface area contributed by atoms with E-state index in [2.05, 4.69) is 27.5 Å². The second-order valence-electron chi connectivity index (χ2n) is 5.31. The molecule has 5 heteroatoms. The van der Waals surface area contributed by atoms with Crippen LogP contribution in [0.1, 0.15) is 0 Å². The molecule has 0 atom stereocenters. The van der Waals surface area contributed by atoms with E-state index in [1.165, 1.54) is 0 Å². The van der Waals surface area contributed by atoms with Gasteiger partial charge in [0.1, 0.15) is 6.33 Å². The monoisotopic (exact) mass is 301 g/mol. The molecule has 4 aromatic rings. The van der Waals surface area contributed by atoms with Crippen LogP contribution in [0.3, 0.4) is 0 Å². The van der Waals surface area contributed by atoms with Gasteiger partial charge in [0.2, 0.25) is 5.95 Å². The molecule has 5 nitrogen and oxygen atoms in total. The molecule has 0 radical (unpaired) electrons. The number of aromatic nitrogens is 4. The van der Waals surface area contributed by atoms with Gasteiger partial charge in [-0.05, 0) is 12.1 Å². The number of rotatable bonds is 3. The summed E-state index contributed by atoms with van der Waals surface area (Å²) in [6, 6.07) is 20.2. The van der Waals surface area contributed by atoms with E-state index in [-0.39, 0.29) is 0 Å². The maximum atomic E-state index is 4.77. The summed E-state index contributed by atoms with van der Waals surface area (Å²) in [5, 5.41) is 8.63. The molecule has 112 valence electrons. The average molecular weight is 301 g/mol. The summed E-state index contributed by atoms with van der Waals surface area (Å²) in [5.41, 5.74) is 3.88. The predicted molar refractivity (Wildman–Crippen MR) is 91.5 cm³/mol. The molecular formula is C18H15N5. The smallest absolute Gasteiger partial charge is 0.246 e. The standard InChI is InChI=1S/C18H15N5/c1-23-12-19-18(22-23)21-17-11-16(13-7-3-2-4-8-13)20-15-10-6-5-9-14(15)17/h2-12H,1H3,(H,20,21,22). The van der Waals surface area contributed by atoms with Crippen LogP contribution in [0.2, 0.25) is 0 Å². The normalized spacial score (nSPS) is 10.8. The van der Waals surface area contributed by atoms with E-state index in [4.69, 9.17) is 4.98 Å². The van der Waals surface area contributed by atoms with Crippen molar-refractivity contribution in [2.24, 2.45) is 7.05 Å². The molecule has 0 fully saturated rings. The van der Waals surface area contributed by atoms with Gasteiger partial charge >= 0.3 is 0 Å². The van der Waals surface area contributed by atoms with Crippen molar-refractivity contribution in [1.29, 1.82) is 0 Å². The molecule has 0 spiro atoms. The highest BCUT2D eigenvalue weighted by Crippen LogP contribution is 2.29. The van der Waals surface area contributed by atoms with Crippen molar-refractivity contribution in [3.05, 3.63) is 67.0 Å². The van der Waals surface area contributed by atoms with Crippen LogP contribution in [0.25, 0.3) is 22.2 Å². The molecule has 2 heterocycles. The molecule has 0 aliphatic carbocycles. The van der Waals surface area contributed by atoms with Gasteiger partial charge in [0.25, 0.3) is 0 Å². The van der Waals surface area contributed by atoms with Crippen LogP contribution >= 0.6 is 0 Å². The maximum Gasteiger partial charge on any atom is 0.246 e. The Morgan fingerprint density at radius 1 is 0.957 bits per heavy atom. The molecule has 0 saturated heterocycles. The van der Waals surface area contributed by atoms with Crippen molar-refractivity contribution in [2.75, 3.05) is 5.32 Å². The average Bonchev–Trinajstić information content (AvgIpc) is 3.00. The molecule has 0 bridgehead atoms. The molecule has 0 aliphatic rings. The zero-order chi connectivity index (χ0) is 15.6. The number of para-hydroxylation sites is 1. The van der Waals surface area contributed by atoms with E-state index in [1.54, 1.807) is 11.0 Å². The second kappa shape index (κ2) is 5.53. The van der Waals surface area contributed by atoms with E-state index in [0.717, 1.165) is 27.8 Å². The SMILES string of the molecule is Cn1cnc(Nc2cc(-c3ccccc3)nc3ccccc23)n1. The van der Waals surface area contributed by atoms with Crippen LogP contribution in [0.15, 0.2) is 67.0 Å². The molecule has 0 aliphatic heterocycles. The third-order valence-corrected chi connectivity index (χ3v) is 3.63. The molecule has 23 heavy (non-hydrogen) atoms. The van der Waals surface area contributed by atoms with E-state index in [1.807, 2.05) is 55.6 Å². The summed E-state index contributed by atoms with van der Waals surface area (Å²) in [4.78, 5) is 9.01. The minimum atomic E-state index is 0.572. The molecule has 1 N–H and O–H groups in total. The number of nitrogens with one attached hydrogen (secondary N) is 1. The molecule has 0 saturated carbocycles. The Balaban J connectivity index is 1.87. The van der Waals surface area contributed by atoms with E-state index < -0.39 is 0 Å². The molecule has 2 aromatic heterocycles. The van der Waals surface area contributed by atoms with Gasteiger partial charge in [-0.25, -0.2) is 9.97 Å². The van der Waals surface area contributed by atoms with Crippen molar-refractivity contribution in [3.8, 4) is 11.3 Å². The summed E-state index contributed by atoms with van der Waals surface area (Å²) >= 11 is 0. The van der Waals surface area contributed by atoms with Crippen molar-refractivity contribution >= 4 is 22.5 Å².